The van der Waals surface area contributed by atoms with Crippen LogP contribution in [0, 0.1) is 0 Å². The van der Waals surface area contributed by atoms with Crippen molar-refractivity contribution < 1.29 is 19.2 Å². The Labute approximate surface area is 201 Å². The molecule has 1 N–H and O–H groups in total. The Morgan fingerprint density at radius 2 is 1.76 bits per heavy atom. The second-order valence-corrected chi connectivity index (χ2v) is 9.29. The van der Waals surface area contributed by atoms with Crippen LogP contribution in [0.25, 0.3) is 0 Å². The minimum Gasteiger partial charge on any atom is -0.494 e. The monoisotopic (exact) mass is 470 g/mol. The Hall–Kier alpha value is -2.57. The zero-order valence-electron chi connectivity index (χ0n) is 19.3. The van der Waals surface area contributed by atoms with Crippen molar-refractivity contribution >= 4 is 34.8 Å². The molecule has 0 saturated carbocycles. The van der Waals surface area contributed by atoms with E-state index in [-0.39, 0.29) is 24.3 Å². The molecule has 2 saturated heterocycles. The smallest absolute Gasteiger partial charge is 0.292 e. The van der Waals surface area contributed by atoms with Crippen LogP contribution in [0.4, 0.5) is 11.4 Å². The van der Waals surface area contributed by atoms with Crippen LogP contribution < -0.4 is 19.4 Å². The second kappa shape index (κ2) is 11.0. The average molecular weight is 471 g/mol. The molecule has 0 radical (unpaired) electrons. The van der Waals surface area contributed by atoms with Gasteiger partial charge in [0.1, 0.15) is 5.75 Å². The number of hydrogen-bond acceptors (Lipinski definition) is 4. The summed E-state index contributed by atoms with van der Waals surface area (Å²) in [7, 11) is 0. The molecule has 0 bridgehead atoms. The van der Waals surface area contributed by atoms with E-state index in [9.17, 15) is 9.59 Å². The van der Waals surface area contributed by atoms with E-state index in [2.05, 4.69) is 17.9 Å². The normalized spacial score (nSPS) is 19.4. The second-order valence-electron chi connectivity index (χ2n) is 8.85. The molecule has 4 rings (SSSR count). The first-order valence-corrected chi connectivity index (χ1v) is 12.4. The molecule has 2 heterocycles. The number of amides is 2. The highest BCUT2D eigenvalue weighted by molar-refractivity contribution is 6.30. The van der Waals surface area contributed by atoms with Gasteiger partial charge in [0.2, 0.25) is 5.91 Å². The number of rotatable bonds is 9. The molecule has 2 aromatic rings. The van der Waals surface area contributed by atoms with Gasteiger partial charge in [0.15, 0.2) is 6.04 Å². The van der Waals surface area contributed by atoms with Gasteiger partial charge in [-0.2, -0.15) is 0 Å². The molecule has 0 aromatic heterocycles. The van der Waals surface area contributed by atoms with Gasteiger partial charge < -0.3 is 14.5 Å². The number of anilines is 2. The third-order valence-electron chi connectivity index (χ3n) is 6.58. The lowest BCUT2D eigenvalue weighted by molar-refractivity contribution is -0.915. The van der Waals surface area contributed by atoms with Crippen molar-refractivity contribution in [3.8, 4) is 5.75 Å². The number of carbonyl (C=O) groups excluding carboxylic acids is 2. The van der Waals surface area contributed by atoms with Crippen LogP contribution in [0.15, 0.2) is 48.5 Å². The van der Waals surface area contributed by atoms with Crippen molar-refractivity contribution in [2.45, 2.75) is 45.1 Å². The van der Waals surface area contributed by atoms with Gasteiger partial charge in [0.05, 0.1) is 44.9 Å². The van der Waals surface area contributed by atoms with Crippen LogP contribution in [-0.2, 0) is 9.59 Å². The maximum Gasteiger partial charge on any atom is 0.292 e. The summed E-state index contributed by atoms with van der Waals surface area (Å²) in [5.74, 6) is 0.552. The van der Waals surface area contributed by atoms with Gasteiger partial charge in [0, 0.05) is 10.7 Å². The van der Waals surface area contributed by atoms with Gasteiger partial charge >= 0.3 is 0 Å². The first kappa shape index (κ1) is 23.6. The number of hydrogen-bond donors (Lipinski definition) is 1. The third-order valence-corrected chi connectivity index (χ3v) is 6.82. The summed E-state index contributed by atoms with van der Waals surface area (Å²) in [6.07, 6.45) is 4.89. The molecular weight excluding hydrogens is 438 g/mol. The number of ether oxygens (including phenoxy) is 1. The maximum atomic E-state index is 13.2. The Kier molecular flexibility index (Phi) is 7.89. The fourth-order valence-corrected chi connectivity index (χ4v) is 4.89. The van der Waals surface area contributed by atoms with Crippen molar-refractivity contribution in [2.75, 3.05) is 42.6 Å². The van der Waals surface area contributed by atoms with E-state index in [1.54, 1.807) is 0 Å². The highest BCUT2D eigenvalue weighted by Crippen LogP contribution is 2.25. The average Bonchev–Trinajstić information content (AvgIpc) is 3.13. The SMILES string of the molecule is CCCCCCOc1ccc(N2C(=O)C[C@@H]([NH+]3CCN(c4cccc(Cl)c4)CC3)C2=O)cc1. The van der Waals surface area contributed by atoms with Crippen molar-refractivity contribution in [1.82, 2.24) is 0 Å². The number of nitrogens with zero attached hydrogens (tertiary/aromatic N) is 2. The third kappa shape index (κ3) is 5.68. The lowest BCUT2D eigenvalue weighted by atomic mass is 10.1. The lowest BCUT2D eigenvalue weighted by Crippen LogP contribution is -3.19. The molecule has 176 valence electrons. The molecule has 7 heteroatoms. The fourth-order valence-electron chi connectivity index (χ4n) is 4.71. The largest absolute Gasteiger partial charge is 0.494 e. The molecular formula is C26H33ClN3O3+. The summed E-state index contributed by atoms with van der Waals surface area (Å²) in [5, 5.41) is 0.724. The van der Waals surface area contributed by atoms with E-state index in [0.717, 1.165) is 49.1 Å². The van der Waals surface area contributed by atoms with E-state index in [1.807, 2.05) is 42.5 Å². The summed E-state index contributed by atoms with van der Waals surface area (Å²) < 4.78 is 5.79. The highest BCUT2D eigenvalue weighted by Gasteiger charge is 2.46. The van der Waals surface area contributed by atoms with Gasteiger partial charge in [-0.3, -0.25) is 9.59 Å². The number of halogens is 1. The van der Waals surface area contributed by atoms with Gasteiger partial charge in [-0.1, -0.05) is 43.9 Å². The van der Waals surface area contributed by atoms with Crippen LogP contribution in [0.2, 0.25) is 5.02 Å². The topological polar surface area (TPSA) is 54.3 Å². The molecule has 0 spiro atoms. The molecule has 2 aliphatic heterocycles. The van der Waals surface area contributed by atoms with Crippen molar-refractivity contribution in [2.24, 2.45) is 0 Å². The highest BCUT2D eigenvalue weighted by atomic mass is 35.5. The van der Waals surface area contributed by atoms with Crippen LogP contribution in [0.5, 0.6) is 5.75 Å². The van der Waals surface area contributed by atoms with Crippen LogP contribution in [0.3, 0.4) is 0 Å². The fraction of sp³-hybridized carbons (Fsp3) is 0.462. The molecule has 6 nitrogen and oxygen atoms in total. The van der Waals surface area contributed by atoms with Crippen LogP contribution >= 0.6 is 11.6 Å². The Morgan fingerprint density at radius 1 is 1.00 bits per heavy atom. The van der Waals surface area contributed by atoms with E-state index < -0.39 is 0 Å². The molecule has 2 fully saturated rings. The van der Waals surface area contributed by atoms with Crippen molar-refractivity contribution in [1.29, 1.82) is 0 Å². The molecule has 1 atom stereocenters. The van der Waals surface area contributed by atoms with Crippen molar-refractivity contribution in [3.05, 3.63) is 53.6 Å². The van der Waals surface area contributed by atoms with Crippen LogP contribution in [0.1, 0.15) is 39.0 Å². The lowest BCUT2D eigenvalue weighted by Gasteiger charge is -2.35. The zero-order valence-corrected chi connectivity index (χ0v) is 20.0. The maximum absolute atomic E-state index is 13.2. The summed E-state index contributed by atoms with van der Waals surface area (Å²) >= 11 is 6.13. The first-order valence-electron chi connectivity index (χ1n) is 12.0. The number of benzene rings is 2. The number of carbonyl (C=O) groups is 2. The summed E-state index contributed by atoms with van der Waals surface area (Å²) in [5.41, 5.74) is 1.73. The van der Waals surface area contributed by atoms with Gasteiger partial charge in [-0.25, -0.2) is 4.90 Å². The standard InChI is InChI=1S/C26H32ClN3O3/c1-2-3-4-5-17-33-23-11-9-21(10-12-23)30-25(31)19-24(26(30)32)29-15-13-28(14-16-29)22-8-6-7-20(27)18-22/h6-12,18,24H,2-5,13-17,19H2,1H3/p+1/t24-/m1/s1. The number of nitrogens with one attached hydrogen (secondary N) is 1. The number of quaternary nitrogens is 1. The molecule has 2 aliphatic rings. The zero-order chi connectivity index (χ0) is 23.2. The van der Waals surface area contributed by atoms with Crippen molar-refractivity contribution in [3.63, 3.8) is 0 Å². The molecule has 33 heavy (non-hydrogen) atoms. The number of unbranched alkanes of at least 4 members (excludes halogenated alkanes) is 3. The number of piperazine rings is 1. The minimum absolute atomic E-state index is 0.0977. The van der Waals surface area contributed by atoms with E-state index in [4.69, 9.17) is 16.3 Å². The summed E-state index contributed by atoms with van der Waals surface area (Å²) in [6, 6.07) is 14.9. The molecule has 0 unspecified atom stereocenters. The van der Waals surface area contributed by atoms with Gasteiger partial charge in [-0.05, 0) is 48.9 Å². The van der Waals surface area contributed by atoms with E-state index in [0.29, 0.717) is 12.3 Å². The van der Waals surface area contributed by atoms with E-state index in [1.165, 1.54) is 29.1 Å². The Bertz CT molecular complexity index is 958. The number of imide groups is 1. The summed E-state index contributed by atoms with van der Waals surface area (Å²) in [6.45, 7) is 6.17. The molecule has 2 aromatic carbocycles. The van der Waals surface area contributed by atoms with Crippen LogP contribution in [-0.4, -0.2) is 50.6 Å². The summed E-state index contributed by atoms with van der Waals surface area (Å²) in [4.78, 5) is 30.8. The Balaban J connectivity index is 1.32. The molecule has 0 aliphatic carbocycles. The van der Waals surface area contributed by atoms with Gasteiger partial charge in [0.25, 0.3) is 5.91 Å². The minimum atomic E-state index is -0.312. The Morgan fingerprint density at radius 3 is 2.45 bits per heavy atom. The first-order chi connectivity index (χ1) is 16.1. The molecule has 2 amide bonds. The van der Waals surface area contributed by atoms with E-state index >= 15 is 0 Å². The van der Waals surface area contributed by atoms with Gasteiger partial charge in [-0.15, -0.1) is 0 Å². The predicted molar refractivity (Wildman–Crippen MR) is 131 cm³/mol. The quantitative estimate of drug-likeness (QED) is 0.451. The predicted octanol–water partition coefficient (Wildman–Crippen LogP) is 3.34.